The minimum absolute atomic E-state index is 0.0315. The van der Waals surface area contributed by atoms with Crippen LogP contribution in [0.3, 0.4) is 0 Å². The molecule has 4 heterocycles. The highest BCUT2D eigenvalue weighted by molar-refractivity contribution is 5.83. The summed E-state index contributed by atoms with van der Waals surface area (Å²) < 4.78 is 48.2. The molecule has 0 bridgehead atoms. The highest BCUT2D eigenvalue weighted by Gasteiger charge is 2.32. The van der Waals surface area contributed by atoms with Gasteiger partial charge in [-0.25, -0.2) is 19.3 Å². The third-order valence-corrected chi connectivity index (χ3v) is 6.39. The van der Waals surface area contributed by atoms with E-state index in [1.165, 1.54) is 24.8 Å². The van der Waals surface area contributed by atoms with Gasteiger partial charge in [-0.2, -0.15) is 8.78 Å². The van der Waals surface area contributed by atoms with Gasteiger partial charge in [0.25, 0.3) is 0 Å². The van der Waals surface area contributed by atoms with Gasteiger partial charge in [-0.1, -0.05) is 0 Å². The zero-order valence-corrected chi connectivity index (χ0v) is 20.8. The Morgan fingerprint density at radius 3 is 2.69 bits per heavy atom. The fourth-order valence-electron chi connectivity index (χ4n) is 4.49. The van der Waals surface area contributed by atoms with Crippen molar-refractivity contribution in [1.82, 2.24) is 24.4 Å². The number of nitrogens with zero attached hydrogens (tertiary/aromatic N) is 5. The zero-order valence-electron chi connectivity index (χ0n) is 20.8. The number of anilines is 1. The molecular weight excluding hydrogens is 473 g/mol. The lowest BCUT2D eigenvalue weighted by molar-refractivity contribution is -0.131. The number of nitrogens with one attached hydrogen (secondary N) is 1. The van der Waals surface area contributed by atoms with Crippen LogP contribution in [-0.4, -0.2) is 56.6 Å². The molecule has 11 heteroatoms. The summed E-state index contributed by atoms with van der Waals surface area (Å²) in [5.41, 5.74) is 1.98. The molecule has 1 unspecified atom stereocenters. The number of pyridine rings is 2. The number of carbonyl (C=O) groups is 1. The highest BCUT2D eigenvalue weighted by atomic mass is 19.3. The highest BCUT2D eigenvalue weighted by Crippen LogP contribution is 2.31. The van der Waals surface area contributed by atoms with Gasteiger partial charge in [0.15, 0.2) is 5.82 Å². The number of hydrogen-bond acceptors (Lipinski definition) is 6. The maximum atomic E-state index is 14.3. The monoisotopic (exact) mass is 502 g/mol. The fourth-order valence-corrected chi connectivity index (χ4v) is 4.49. The smallest absolute Gasteiger partial charge is 0.302 e. The number of aromatic nitrogens is 4. The van der Waals surface area contributed by atoms with E-state index in [0.717, 1.165) is 13.1 Å². The van der Waals surface area contributed by atoms with E-state index in [1.54, 1.807) is 37.1 Å². The number of aryl methyl sites for hydroxylation is 2. The summed E-state index contributed by atoms with van der Waals surface area (Å²) in [5.74, 6) is -3.90. The maximum Gasteiger partial charge on any atom is 0.302 e. The summed E-state index contributed by atoms with van der Waals surface area (Å²) >= 11 is 0. The van der Waals surface area contributed by atoms with Gasteiger partial charge in [-0.05, 0) is 32.4 Å². The Morgan fingerprint density at radius 2 is 2.06 bits per heavy atom. The largest absolute Gasteiger partial charge is 0.481 e. The molecule has 1 fully saturated rings. The minimum atomic E-state index is -3.05. The van der Waals surface area contributed by atoms with E-state index in [1.807, 2.05) is 0 Å². The third-order valence-electron chi connectivity index (χ3n) is 6.39. The molecule has 0 saturated carbocycles. The Bertz CT molecular complexity index is 1270. The van der Waals surface area contributed by atoms with E-state index >= 15 is 0 Å². The van der Waals surface area contributed by atoms with Gasteiger partial charge < -0.3 is 19.5 Å². The molecule has 0 radical (unpaired) electrons. The summed E-state index contributed by atoms with van der Waals surface area (Å²) in [5, 5.41) is 3.34. The molecule has 192 valence electrons. The molecule has 0 aromatic carbocycles. The molecular formula is C25H29F3N6O2. The van der Waals surface area contributed by atoms with Crippen molar-refractivity contribution in [2.75, 3.05) is 25.5 Å². The summed E-state index contributed by atoms with van der Waals surface area (Å²) in [6, 6.07) is 4.98. The van der Waals surface area contributed by atoms with Gasteiger partial charge in [0.2, 0.25) is 11.8 Å². The predicted molar refractivity (Wildman–Crippen MR) is 129 cm³/mol. The van der Waals surface area contributed by atoms with Crippen LogP contribution >= 0.6 is 0 Å². The first-order valence-corrected chi connectivity index (χ1v) is 11.6. The second-order valence-electron chi connectivity index (χ2n) is 9.16. The van der Waals surface area contributed by atoms with Crippen LogP contribution in [0.2, 0.25) is 0 Å². The SMILES string of the molecule is COc1cc([C@@H](C)C(=O)N2CCC(Nc3ccc(-c4cn(C)c(C(C)(F)F)n4)c(C)n3)C2)c(F)cn1. The Kier molecular flexibility index (Phi) is 6.92. The number of imidazole rings is 1. The molecule has 1 N–H and O–H groups in total. The molecule has 8 nitrogen and oxygen atoms in total. The number of methoxy groups -OCH3 is 1. The molecule has 4 rings (SSSR count). The van der Waals surface area contributed by atoms with Crippen LogP contribution in [0.5, 0.6) is 5.88 Å². The summed E-state index contributed by atoms with van der Waals surface area (Å²) in [6.07, 6.45) is 3.33. The molecule has 2 atom stereocenters. The first-order valence-electron chi connectivity index (χ1n) is 11.6. The van der Waals surface area contributed by atoms with Crippen LogP contribution in [0.4, 0.5) is 19.0 Å². The minimum Gasteiger partial charge on any atom is -0.481 e. The van der Waals surface area contributed by atoms with Crippen LogP contribution in [0, 0.1) is 12.7 Å². The topological polar surface area (TPSA) is 85.2 Å². The lowest BCUT2D eigenvalue weighted by Gasteiger charge is -2.22. The second-order valence-corrected chi connectivity index (χ2v) is 9.16. The van der Waals surface area contributed by atoms with Crippen LogP contribution in [0.25, 0.3) is 11.3 Å². The van der Waals surface area contributed by atoms with Crippen LogP contribution in [0.15, 0.2) is 30.6 Å². The standard InChI is InChI=1S/C25H29F3N6O2/c1-14(18-10-22(36-5)29-11-19(18)26)23(35)34-9-8-16(12-34)31-21-7-6-17(15(2)30-21)20-13-33(4)24(32-20)25(3,27)28/h6-7,10-11,13-14,16H,8-9,12H2,1-5H3,(H,30,31)/t14-,16?/m1/s1. The van der Waals surface area contributed by atoms with Crippen molar-refractivity contribution in [3.63, 3.8) is 0 Å². The van der Waals surface area contributed by atoms with Crippen molar-refractivity contribution < 1.29 is 22.7 Å². The average Bonchev–Trinajstić information content (AvgIpc) is 3.45. The normalized spacial score (nSPS) is 16.8. The van der Waals surface area contributed by atoms with Gasteiger partial charge in [0.1, 0.15) is 11.6 Å². The Hall–Kier alpha value is -3.63. The van der Waals surface area contributed by atoms with Crippen LogP contribution in [0.1, 0.15) is 43.3 Å². The van der Waals surface area contributed by atoms with E-state index in [2.05, 4.69) is 20.3 Å². The number of rotatable bonds is 7. The van der Waals surface area contributed by atoms with Gasteiger partial charge in [0, 0.05) is 62.2 Å². The molecule has 1 aliphatic rings. The maximum absolute atomic E-state index is 14.3. The number of likely N-dealkylation sites (tertiary alicyclic amines) is 1. The first-order chi connectivity index (χ1) is 17.0. The van der Waals surface area contributed by atoms with Crippen molar-refractivity contribution in [3.05, 3.63) is 53.5 Å². The van der Waals surface area contributed by atoms with Crippen molar-refractivity contribution in [2.45, 2.75) is 45.1 Å². The van der Waals surface area contributed by atoms with Crippen LogP contribution < -0.4 is 10.1 Å². The lowest BCUT2D eigenvalue weighted by atomic mass is 10.0. The van der Waals surface area contributed by atoms with Crippen molar-refractivity contribution in [2.24, 2.45) is 7.05 Å². The molecule has 3 aromatic heterocycles. The van der Waals surface area contributed by atoms with E-state index in [-0.39, 0.29) is 29.2 Å². The molecule has 3 aromatic rings. The summed E-state index contributed by atoms with van der Waals surface area (Å²) in [7, 11) is 2.97. The molecule has 0 spiro atoms. The van der Waals surface area contributed by atoms with Gasteiger partial charge in [-0.3, -0.25) is 4.79 Å². The van der Waals surface area contributed by atoms with E-state index in [9.17, 15) is 18.0 Å². The number of hydrogen-bond donors (Lipinski definition) is 1. The van der Waals surface area contributed by atoms with Crippen molar-refractivity contribution in [1.29, 1.82) is 0 Å². The number of amides is 1. The van der Waals surface area contributed by atoms with Crippen LogP contribution in [-0.2, 0) is 17.8 Å². The fraction of sp³-hybridized carbons (Fsp3) is 0.440. The van der Waals surface area contributed by atoms with Crippen molar-refractivity contribution in [3.8, 4) is 17.1 Å². The van der Waals surface area contributed by atoms with Crippen molar-refractivity contribution >= 4 is 11.7 Å². The second kappa shape index (κ2) is 9.79. The van der Waals surface area contributed by atoms with E-state index < -0.39 is 17.7 Å². The molecule has 1 amide bonds. The zero-order chi connectivity index (χ0) is 26.2. The van der Waals surface area contributed by atoms with E-state index in [4.69, 9.17) is 4.74 Å². The molecule has 36 heavy (non-hydrogen) atoms. The quantitative estimate of drug-likeness (QED) is 0.520. The van der Waals surface area contributed by atoms with E-state index in [0.29, 0.717) is 42.3 Å². The van der Waals surface area contributed by atoms with Gasteiger partial charge >= 0.3 is 5.92 Å². The number of ether oxygens (including phenoxy) is 1. The predicted octanol–water partition coefficient (Wildman–Crippen LogP) is 4.26. The Balaban J connectivity index is 1.42. The molecule has 0 aliphatic carbocycles. The van der Waals surface area contributed by atoms with Gasteiger partial charge in [-0.15, -0.1) is 0 Å². The van der Waals surface area contributed by atoms with Gasteiger partial charge in [0.05, 0.1) is 24.9 Å². The Morgan fingerprint density at radius 1 is 1.31 bits per heavy atom. The number of halogens is 3. The Labute approximate surface area is 207 Å². The summed E-state index contributed by atoms with van der Waals surface area (Å²) in [4.78, 5) is 27.3. The lowest BCUT2D eigenvalue weighted by Crippen LogP contribution is -2.34. The average molecular weight is 503 g/mol. The number of alkyl halides is 2. The summed E-state index contributed by atoms with van der Waals surface area (Å²) in [6.45, 7) is 5.26. The number of carbonyl (C=O) groups excluding carboxylic acids is 1. The first kappa shape index (κ1) is 25.5. The third kappa shape index (κ3) is 5.14. The molecule has 1 aliphatic heterocycles. The molecule has 1 saturated heterocycles.